The summed E-state index contributed by atoms with van der Waals surface area (Å²) in [5, 5.41) is 11.9. The van der Waals surface area contributed by atoms with Gasteiger partial charge in [-0.05, 0) is 13.3 Å². The topological polar surface area (TPSA) is 32.3 Å². The molecule has 2 N–H and O–H groups in total. The number of aliphatic hydroxyl groups excluding tert-OH is 1. The van der Waals surface area contributed by atoms with Gasteiger partial charge in [0.25, 0.3) is 0 Å². The van der Waals surface area contributed by atoms with Crippen molar-refractivity contribution in [1.29, 1.82) is 0 Å². The average Bonchev–Trinajstić information content (AvgIpc) is 2.14. The average molecular weight is 187 g/mol. The molecule has 1 atom stereocenters. The normalized spacial score (nSPS) is 13.2. The van der Waals surface area contributed by atoms with Gasteiger partial charge >= 0.3 is 0 Å². The minimum atomic E-state index is 0.250. The van der Waals surface area contributed by atoms with Gasteiger partial charge < -0.3 is 10.4 Å². The molecule has 0 aliphatic rings. The highest BCUT2D eigenvalue weighted by atomic mass is 16.3. The third-order valence-corrected chi connectivity index (χ3v) is 2.35. The van der Waals surface area contributed by atoms with Crippen LogP contribution < -0.4 is 5.32 Å². The monoisotopic (exact) mass is 187 g/mol. The van der Waals surface area contributed by atoms with Crippen molar-refractivity contribution in [3.8, 4) is 0 Å². The molecule has 0 aliphatic carbocycles. The van der Waals surface area contributed by atoms with E-state index in [4.69, 9.17) is 5.11 Å². The van der Waals surface area contributed by atoms with Crippen LogP contribution in [-0.2, 0) is 0 Å². The summed E-state index contributed by atoms with van der Waals surface area (Å²) in [4.78, 5) is 0. The van der Waals surface area contributed by atoms with Gasteiger partial charge in [0.1, 0.15) is 0 Å². The van der Waals surface area contributed by atoms with Gasteiger partial charge in [0.15, 0.2) is 0 Å². The van der Waals surface area contributed by atoms with Crippen LogP contribution in [0.3, 0.4) is 0 Å². The number of rotatable bonds is 9. The lowest BCUT2D eigenvalue weighted by molar-refractivity contribution is 0.283. The first-order chi connectivity index (χ1) is 6.31. The maximum atomic E-state index is 8.59. The molecule has 0 aromatic carbocycles. The number of nitrogens with one attached hydrogen (secondary N) is 1. The number of unbranched alkanes of at least 4 members (excludes halogenated alkanes) is 4. The van der Waals surface area contributed by atoms with Crippen molar-refractivity contribution in [3.63, 3.8) is 0 Å². The second-order valence-corrected chi connectivity index (χ2v) is 3.78. The molecule has 0 rings (SSSR count). The molecule has 0 heterocycles. The lowest BCUT2D eigenvalue weighted by Gasteiger charge is -2.12. The lowest BCUT2D eigenvalue weighted by atomic mass is 10.1. The fraction of sp³-hybridized carbons (Fsp3) is 1.00. The van der Waals surface area contributed by atoms with E-state index in [0.717, 1.165) is 6.54 Å². The van der Waals surface area contributed by atoms with E-state index in [1.165, 1.54) is 38.5 Å². The van der Waals surface area contributed by atoms with E-state index < -0.39 is 0 Å². The Bertz CT molecular complexity index is 96.1. The predicted molar refractivity (Wildman–Crippen MR) is 57.9 cm³/mol. The third kappa shape index (κ3) is 9.84. The number of hydrogen-bond acceptors (Lipinski definition) is 2. The van der Waals surface area contributed by atoms with Crippen LogP contribution in [0.2, 0.25) is 0 Å². The van der Waals surface area contributed by atoms with E-state index in [0.29, 0.717) is 6.04 Å². The van der Waals surface area contributed by atoms with Crippen LogP contribution >= 0.6 is 0 Å². The smallest absolute Gasteiger partial charge is 0.0556 e. The molecule has 2 heteroatoms. The highest BCUT2D eigenvalue weighted by Crippen LogP contribution is 2.06. The third-order valence-electron chi connectivity index (χ3n) is 2.35. The van der Waals surface area contributed by atoms with Crippen LogP contribution in [0.5, 0.6) is 0 Å². The quantitative estimate of drug-likeness (QED) is 0.543. The van der Waals surface area contributed by atoms with Gasteiger partial charge in [-0.2, -0.15) is 0 Å². The molecule has 0 spiro atoms. The van der Waals surface area contributed by atoms with Gasteiger partial charge in [0.2, 0.25) is 0 Å². The Labute approximate surface area is 82.7 Å². The summed E-state index contributed by atoms with van der Waals surface area (Å²) in [6, 6.07) is 0.564. The van der Waals surface area contributed by atoms with Crippen LogP contribution in [0.25, 0.3) is 0 Å². The zero-order chi connectivity index (χ0) is 9.94. The molecule has 2 nitrogen and oxygen atoms in total. The first-order valence-corrected chi connectivity index (χ1v) is 5.65. The summed E-state index contributed by atoms with van der Waals surface area (Å²) in [6.07, 6.45) is 7.99. The molecule has 0 amide bonds. The van der Waals surface area contributed by atoms with Gasteiger partial charge in [-0.3, -0.25) is 0 Å². The molecule has 0 aromatic rings. The predicted octanol–water partition coefficient (Wildman–Crippen LogP) is 2.32. The molecule has 0 aliphatic heterocycles. The molecule has 0 saturated heterocycles. The van der Waals surface area contributed by atoms with Crippen LogP contribution in [-0.4, -0.2) is 24.3 Å². The van der Waals surface area contributed by atoms with E-state index in [-0.39, 0.29) is 6.61 Å². The number of aliphatic hydroxyl groups is 1. The first-order valence-electron chi connectivity index (χ1n) is 5.65. The molecular formula is C11H25NO. The summed E-state index contributed by atoms with van der Waals surface area (Å²) >= 11 is 0. The van der Waals surface area contributed by atoms with Gasteiger partial charge in [-0.25, -0.2) is 0 Å². The Morgan fingerprint density at radius 1 is 1.15 bits per heavy atom. The first kappa shape index (κ1) is 12.9. The zero-order valence-corrected chi connectivity index (χ0v) is 9.18. The summed E-state index contributed by atoms with van der Waals surface area (Å²) in [5.74, 6) is 0. The maximum absolute atomic E-state index is 8.59. The van der Waals surface area contributed by atoms with Crippen molar-refractivity contribution in [2.24, 2.45) is 0 Å². The molecular weight excluding hydrogens is 162 g/mol. The van der Waals surface area contributed by atoms with E-state index >= 15 is 0 Å². The Kier molecular flexibility index (Phi) is 9.94. The van der Waals surface area contributed by atoms with Gasteiger partial charge in [-0.15, -0.1) is 0 Å². The summed E-state index contributed by atoms with van der Waals surface area (Å²) < 4.78 is 0. The number of hydrogen-bond donors (Lipinski definition) is 2. The SMILES string of the molecule is CCCCCCCC(C)NCCO. The summed E-state index contributed by atoms with van der Waals surface area (Å²) in [6.45, 7) is 5.41. The van der Waals surface area contributed by atoms with Crippen LogP contribution in [0, 0.1) is 0 Å². The van der Waals surface area contributed by atoms with Gasteiger partial charge in [0.05, 0.1) is 6.61 Å². The largest absolute Gasteiger partial charge is 0.395 e. The fourth-order valence-electron chi connectivity index (χ4n) is 1.47. The summed E-state index contributed by atoms with van der Waals surface area (Å²) in [5.41, 5.74) is 0. The Balaban J connectivity index is 3.03. The second-order valence-electron chi connectivity index (χ2n) is 3.78. The van der Waals surface area contributed by atoms with E-state index in [1.807, 2.05) is 0 Å². The minimum absolute atomic E-state index is 0.250. The Morgan fingerprint density at radius 2 is 1.85 bits per heavy atom. The van der Waals surface area contributed by atoms with Crippen molar-refractivity contribution in [2.45, 2.75) is 58.4 Å². The highest BCUT2D eigenvalue weighted by molar-refractivity contribution is 4.59. The molecule has 0 aromatic heterocycles. The lowest BCUT2D eigenvalue weighted by Crippen LogP contribution is -2.28. The maximum Gasteiger partial charge on any atom is 0.0556 e. The molecule has 0 fully saturated rings. The second kappa shape index (κ2) is 10.0. The van der Waals surface area contributed by atoms with Gasteiger partial charge in [0, 0.05) is 12.6 Å². The zero-order valence-electron chi connectivity index (χ0n) is 9.18. The van der Waals surface area contributed by atoms with Crippen molar-refractivity contribution in [3.05, 3.63) is 0 Å². The van der Waals surface area contributed by atoms with Gasteiger partial charge in [-0.1, -0.05) is 39.0 Å². The molecule has 13 heavy (non-hydrogen) atoms. The highest BCUT2D eigenvalue weighted by Gasteiger charge is 1.99. The van der Waals surface area contributed by atoms with Crippen molar-refractivity contribution >= 4 is 0 Å². The summed E-state index contributed by atoms with van der Waals surface area (Å²) in [7, 11) is 0. The van der Waals surface area contributed by atoms with Crippen molar-refractivity contribution in [1.82, 2.24) is 5.32 Å². The van der Waals surface area contributed by atoms with Crippen molar-refractivity contribution in [2.75, 3.05) is 13.2 Å². The molecule has 80 valence electrons. The molecule has 0 bridgehead atoms. The van der Waals surface area contributed by atoms with Crippen molar-refractivity contribution < 1.29 is 5.11 Å². The Hall–Kier alpha value is -0.0800. The van der Waals surface area contributed by atoms with Crippen LogP contribution in [0.4, 0.5) is 0 Å². The van der Waals surface area contributed by atoms with E-state index in [1.54, 1.807) is 0 Å². The minimum Gasteiger partial charge on any atom is -0.395 e. The standard InChI is InChI=1S/C11H25NO/c1-3-4-5-6-7-8-11(2)12-9-10-13/h11-13H,3-10H2,1-2H3. The Morgan fingerprint density at radius 3 is 2.46 bits per heavy atom. The van der Waals surface area contributed by atoms with Crippen LogP contribution in [0.15, 0.2) is 0 Å². The van der Waals surface area contributed by atoms with E-state index in [9.17, 15) is 0 Å². The van der Waals surface area contributed by atoms with E-state index in [2.05, 4.69) is 19.2 Å². The molecule has 0 saturated carbocycles. The van der Waals surface area contributed by atoms with Crippen LogP contribution in [0.1, 0.15) is 52.4 Å². The molecule has 1 unspecified atom stereocenters. The molecule has 0 radical (unpaired) electrons. The fourth-order valence-corrected chi connectivity index (χ4v) is 1.47.